The largest absolute Gasteiger partial charge is 0.478 e. The first-order valence-corrected chi connectivity index (χ1v) is 8.90. The number of ether oxygens (including phenoxy) is 1. The predicted octanol–water partition coefficient (Wildman–Crippen LogP) is 2.71. The molecular weight excluding hydrogens is 340 g/mol. The Bertz CT molecular complexity index is 718. The summed E-state index contributed by atoms with van der Waals surface area (Å²) < 4.78 is 5.41. The Morgan fingerprint density at radius 2 is 1.96 bits per heavy atom. The second-order valence-corrected chi connectivity index (χ2v) is 6.89. The molecule has 26 heavy (non-hydrogen) atoms. The second kappa shape index (κ2) is 7.82. The summed E-state index contributed by atoms with van der Waals surface area (Å²) in [5, 5.41) is 20.1. The van der Waals surface area contributed by atoms with Crippen molar-refractivity contribution in [3.8, 4) is 0 Å². The molecule has 1 N–H and O–H groups in total. The number of carbonyl (C=O) groups excluding carboxylic acids is 1. The molecule has 8 heteroatoms. The molecule has 0 radical (unpaired) electrons. The van der Waals surface area contributed by atoms with Crippen molar-refractivity contribution >= 4 is 17.6 Å². The van der Waals surface area contributed by atoms with Gasteiger partial charge in [0.1, 0.15) is 0 Å². The van der Waals surface area contributed by atoms with Gasteiger partial charge in [0.25, 0.3) is 5.69 Å². The van der Waals surface area contributed by atoms with Gasteiger partial charge in [0.05, 0.1) is 22.7 Å². The topological polar surface area (TPSA) is 110 Å². The number of rotatable bonds is 5. The number of non-ortho nitro benzene ring substituents is 1. The molecule has 0 amide bonds. The maximum absolute atomic E-state index is 12.4. The highest BCUT2D eigenvalue weighted by Crippen LogP contribution is 2.31. The third-order valence-electron chi connectivity index (χ3n) is 5.32. The monoisotopic (exact) mass is 362 g/mol. The standard InChI is InChI=1S/C18H22N2O6/c21-17(22)15-10-13(20(24)25)6-7-14(15)18(23)26-11-12-4-3-9-19-8-2-1-5-16(12)19/h6-7,10,12,16H,1-5,8-9,11H2,(H,21,22). The molecule has 0 aromatic heterocycles. The Morgan fingerprint density at radius 3 is 2.69 bits per heavy atom. The number of nitrogens with zero attached hydrogens (tertiary/aromatic N) is 2. The summed E-state index contributed by atoms with van der Waals surface area (Å²) in [5.74, 6) is -1.89. The number of fused-ring (bicyclic) bond motifs is 1. The zero-order valence-corrected chi connectivity index (χ0v) is 14.4. The molecule has 2 unspecified atom stereocenters. The number of piperidine rings is 2. The number of benzene rings is 1. The third-order valence-corrected chi connectivity index (χ3v) is 5.32. The molecule has 2 heterocycles. The molecule has 0 aliphatic carbocycles. The summed E-state index contributed by atoms with van der Waals surface area (Å²) in [7, 11) is 0. The van der Waals surface area contributed by atoms with Crippen molar-refractivity contribution in [3.05, 3.63) is 39.4 Å². The van der Waals surface area contributed by atoms with Crippen molar-refractivity contribution in [2.24, 2.45) is 5.92 Å². The molecule has 2 saturated heterocycles. The molecule has 0 saturated carbocycles. The Labute approximate surface area is 150 Å². The van der Waals surface area contributed by atoms with Crippen LogP contribution < -0.4 is 0 Å². The second-order valence-electron chi connectivity index (χ2n) is 6.89. The lowest BCUT2D eigenvalue weighted by molar-refractivity contribution is -0.384. The van der Waals surface area contributed by atoms with Crippen LogP contribution in [0.3, 0.4) is 0 Å². The molecule has 8 nitrogen and oxygen atoms in total. The highest BCUT2D eigenvalue weighted by molar-refractivity contribution is 6.02. The number of nitro benzene ring substituents is 1. The summed E-state index contributed by atoms with van der Waals surface area (Å²) in [5.41, 5.74) is -0.935. The molecule has 2 aliphatic rings. The summed E-state index contributed by atoms with van der Waals surface area (Å²) in [6, 6.07) is 3.58. The van der Waals surface area contributed by atoms with Crippen LogP contribution in [-0.4, -0.2) is 52.6 Å². The van der Waals surface area contributed by atoms with Crippen molar-refractivity contribution in [1.82, 2.24) is 4.90 Å². The fraction of sp³-hybridized carbons (Fsp3) is 0.556. The predicted molar refractivity (Wildman–Crippen MR) is 92.3 cm³/mol. The highest BCUT2D eigenvalue weighted by Gasteiger charge is 2.34. The zero-order valence-electron chi connectivity index (χ0n) is 14.4. The van der Waals surface area contributed by atoms with E-state index in [1.807, 2.05) is 0 Å². The van der Waals surface area contributed by atoms with Crippen LogP contribution in [0.1, 0.15) is 52.8 Å². The lowest BCUT2D eigenvalue weighted by Crippen LogP contribution is -2.49. The molecule has 0 spiro atoms. The maximum Gasteiger partial charge on any atom is 0.339 e. The number of carboxylic acids is 1. The number of esters is 1. The Kier molecular flexibility index (Phi) is 5.51. The molecule has 2 atom stereocenters. The molecule has 1 aromatic carbocycles. The minimum Gasteiger partial charge on any atom is -0.478 e. The van der Waals surface area contributed by atoms with Gasteiger partial charge in [-0.3, -0.25) is 15.0 Å². The van der Waals surface area contributed by atoms with Crippen LogP contribution in [0.5, 0.6) is 0 Å². The number of aromatic carboxylic acids is 1. The molecule has 140 valence electrons. The third kappa shape index (κ3) is 3.85. The first-order chi connectivity index (χ1) is 12.5. The van der Waals surface area contributed by atoms with E-state index in [1.165, 1.54) is 12.8 Å². The van der Waals surface area contributed by atoms with E-state index in [0.29, 0.717) is 6.04 Å². The van der Waals surface area contributed by atoms with Gasteiger partial charge in [0.2, 0.25) is 0 Å². The number of hydrogen-bond acceptors (Lipinski definition) is 6. The minimum absolute atomic E-state index is 0.153. The smallest absolute Gasteiger partial charge is 0.339 e. The van der Waals surface area contributed by atoms with Gasteiger partial charge in [0.15, 0.2) is 0 Å². The molecule has 3 rings (SSSR count). The fourth-order valence-corrected chi connectivity index (χ4v) is 4.03. The summed E-state index contributed by atoms with van der Waals surface area (Å²) >= 11 is 0. The van der Waals surface area contributed by atoms with Crippen LogP contribution >= 0.6 is 0 Å². The van der Waals surface area contributed by atoms with Crippen LogP contribution in [0.15, 0.2) is 18.2 Å². The minimum atomic E-state index is -1.39. The van der Waals surface area contributed by atoms with E-state index in [-0.39, 0.29) is 23.8 Å². The SMILES string of the molecule is O=C(O)c1cc([N+](=O)[O-])ccc1C(=O)OCC1CCCN2CCCCC12. The quantitative estimate of drug-likeness (QED) is 0.487. The van der Waals surface area contributed by atoms with Crippen LogP contribution in [0.25, 0.3) is 0 Å². The van der Waals surface area contributed by atoms with Crippen LogP contribution in [-0.2, 0) is 4.74 Å². The molecule has 1 aromatic rings. The Balaban J connectivity index is 1.70. The maximum atomic E-state index is 12.4. The van der Waals surface area contributed by atoms with E-state index in [1.54, 1.807) is 0 Å². The highest BCUT2D eigenvalue weighted by atomic mass is 16.6. The van der Waals surface area contributed by atoms with Crippen molar-refractivity contribution in [3.63, 3.8) is 0 Å². The van der Waals surface area contributed by atoms with Gasteiger partial charge in [-0.2, -0.15) is 0 Å². The lowest BCUT2D eigenvalue weighted by atomic mass is 9.84. The van der Waals surface area contributed by atoms with E-state index >= 15 is 0 Å². The average molecular weight is 362 g/mol. The summed E-state index contributed by atoms with van der Waals surface area (Å²) in [6.45, 7) is 2.41. The van der Waals surface area contributed by atoms with Crippen LogP contribution in [0.4, 0.5) is 5.69 Å². The normalized spacial score (nSPS) is 23.1. The van der Waals surface area contributed by atoms with Gasteiger partial charge in [-0.1, -0.05) is 6.42 Å². The van der Waals surface area contributed by atoms with Crippen molar-refractivity contribution < 1.29 is 24.4 Å². The fourth-order valence-electron chi connectivity index (χ4n) is 4.03. The van der Waals surface area contributed by atoms with Crippen molar-refractivity contribution in [2.45, 2.75) is 38.1 Å². The zero-order chi connectivity index (χ0) is 18.7. The van der Waals surface area contributed by atoms with E-state index < -0.39 is 22.4 Å². The molecule has 2 aliphatic heterocycles. The van der Waals surface area contributed by atoms with Crippen LogP contribution in [0, 0.1) is 16.0 Å². The van der Waals surface area contributed by atoms with Gasteiger partial charge >= 0.3 is 11.9 Å². The first kappa shape index (κ1) is 18.3. The number of carboxylic acid groups (broad SMARTS) is 1. The van der Waals surface area contributed by atoms with Gasteiger partial charge in [0, 0.05) is 24.1 Å². The van der Waals surface area contributed by atoms with E-state index in [0.717, 1.165) is 50.6 Å². The number of nitro groups is 1. The summed E-state index contributed by atoms with van der Waals surface area (Å²) in [6.07, 6.45) is 5.53. The van der Waals surface area contributed by atoms with Crippen LogP contribution in [0.2, 0.25) is 0 Å². The summed E-state index contributed by atoms with van der Waals surface area (Å²) in [4.78, 5) is 36.3. The molecule has 0 bridgehead atoms. The first-order valence-electron chi connectivity index (χ1n) is 8.90. The van der Waals surface area contributed by atoms with Gasteiger partial charge in [-0.05, 0) is 44.8 Å². The molecular formula is C18H22N2O6. The van der Waals surface area contributed by atoms with Gasteiger partial charge in [-0.15, -0.1) is 0 Å². The Morgan fingerprint density at radius 1 is 1.19 bits per heavy atom. The Hall–Kier alpha value is -2.48. The van der Waals surface area contributed by atoms with Gasteiger partial charge in [-0.25, -0.2) is 9.59 Å². The van der Waals surface area contributed by atoms with E-state index in [9.17, 15) is 24.8 Å². The number of hydrogen-bond donors (Lipinski definition) is 1. The van der Waals surface area contributed by atoms with E-state index in [2.05, 4.69) is 4.90 Å². The van der Waals surface area contributed by atoms with Gasteiger partial charge < -0.3 is 9.84 Å². The average Bonchev–Trinajstić information content (AvgIpc) is 2.65. The van der Waals surface area contributed by atoms with Crippen molar-refractivity contribution in [2.75, 3.05) is 19.7 Å². The molecule has 2 fully saturated rings. The number of carbonyl (C=O) groups is 2. The van der Waals surface area contributed by atoms with Crippen molar-refractivity contribution in [1.29, 1.82) is 0 Å². The lowest BCUT2D eigenvalue weighted by Gasteiger charge is -2.44. The van der Waals surface area contributed by atoms with E-state index in [4.69, 9.17) is 4.74 Å².